The van der Waals surface area contributed by atoms with E-state index in [-0.39, 0.29) is 8.96 Å². The van der Waals surface area contributed by atoms with Crippen LogP contribution in [0.15, 0.2) is 21.1 Å². The summed E-state index contributed by atoms with van der Waals surface area (Å²) in [6.45, 7) is 0. The maximum atomic E-state index is 9.86. The van der Waals surface area contributed by atoms with E-state index in [9.17, 15) is 19.2 Å². The van der Waals surface area contributed by atoms with Gasteiger partial charge in [0.25, 0.3) is 0 Å². The van der Waals surface area contributed by atoms with E-state index in [1.54, 1.807) is 0 Å². The molecule has 0 saturated carbocycles. The minimum absolute atomic E-state index is 0.366. The molecule has 18 heavy (non-hydrogen) atoms. The molecule has 0 amide bonds. The summed E-state index contributed by atoms with van der Waals surface area (Å²) in [6, 6.07) is 0. The molecule has 0 saturated heterocycles. The largest absolute Gasteiger partial charge is 0.478 e. The van der Waals surface area contributed by atoms with Gasteiger partial charge in [-0.15, -0.1) is 0 Å². The van der Waals surface area contributed by atoms with Crippen molar-refractivity contribution in [3.8, 4) is 0 Å². The van der Waals surface area contributed by atoms with Crippen molar-refractivity contribution in [2.24, 2.45) is 0 Å². The molecular formula is C8H6Br2O8. The highest BCUT2D eigenvalue weighted by Gasteiger charge is 2.03. The zero-order chi connectivity index (χ0) is 14.9. The quantitative estimate of drug-likeness (QED) is 0.517. The van der Waals surface area contributed by atoms with Crippen molar-refractivity contribution in [2.45, 2.75) is 0 Å². The summed E-state index contributed by atoms with van der Waals surface area (Å²) < 4.78 is -0.731. The lowest BCUT2D eigenvalue weighted by atomic mass is 10.5. The van der Waals surface area contributed by atoms with Crippen LogP contribution in [0.4, 0.5) is 0 Å². The highest BCUT2D eigenvalue weighted by Crippen LogP contribution is 2.03. The van der Waals surface area contributed by atoms with Gasteiger partial charge >= 0.3 is 23.9 Å². The van der Waals surface area contributed by atoms with Gasteiger partial charge < -0.3 is 20.4 Å². The van der Waals surface area contributed by atoms with Gasteiger partial charge in [-0.25, -0.2) is 19.2 Å². The van der Waals surface area contributed by atoms with Crippen LogP contribution in [0.1, 0.15) is 0 Å². The molecule has 8 nitrogen and oxygen atoms in total. The number of rotatable bonds is 4. The van der Waals surface area contributed by atoms with Crippen LogP contribution in [0.25, 0.3) is 0 Å². The van der Waals surface area contributed by atoms with Crippen LogP contribution in [-0.4, -0.2) is 44.3 Å². The molecule has 0 aromatic rings. The second-order valence-corrected chi connectivity index (χ2v) is 3.98. The highest BCUT2D eigenvalue weighted by atomic mass is 79.9. The van der Waals surface area contributed by atoms with Crippen LogP contribution in [0.3, 0.4) is 0 Å². The predicted molar refractivity (Wildman–Crippen MR) is 64.6 cm³/mol. The maximum Gasteiger partial charge on any atom is 0.343 e. The predicted octanol–water partition coefficient (Wildman–Crippen LogP) is 0.869. The van der Waals surface area contributed by atoms with Crippen molar-refractivity contribution < 1.29 is 39.6 Å². The third-order valence-corrected chi connectivity index (χ3v) is 2.05. The van der Waals surface area contributed by atoms with Gasteiger partial charge in [0.2, 0.25) is 0 Å². The maximum absolute atomic E-state index is 9.86. The van der Waals surface area contributed by atoms with Gasteiger partial charge in [0.05, 0.1) is 0 Å². The molecule has 100 valence electrons. The zero-order valence-corrected chi connectivity index (χ0v) is 11.5. The number of carbonyl (C=O) groups is 4. The molecule has 0 atom stereocenters. The van der Waals surface area contributed by atoms with E-state index in [1.807, 2.05) is 0 Å². The summed E-state index contributed by atoms with van der Waals surface area (Å²) >= 11 is 5.05. The minimum Gasteiger partial charge on any atom is -0.478 e. The Morgan fingerprint density at radius 3 is 0.944 bits per heavy atom. The lowest BCUT2D eigenvalue weighted by Crippen LogP contribution is -1.97. The Kier molecular flexibility index (Phi) is 9.71. The molecule has 0 rings (SSSR count). The SMILES string of the molecule is O=C(O)/C=C(\Br)C(=O)O.O=C(O)/C=C(\Br)C(=O)O. The first-order valence-electron chi connectivity index (χ1n) is 3.74. The highest BCUT2D eigenvalue weighted by molar-refractivity contribution is 9.12. The Morgan fingerprint density at radius 2 is 0.889 bits per heavy atom. The van der Waals surface area contributed by atoms with E-state index in [4.69, 9.17) is 20.4 Å². The first kappa shape index (κ1) is 18.7. The Labute approximate surface area is 116 Å². The topological polar surface area (TPSA) is 149 Å². The molecule has 0 radical (unpaired) electrons. The zero-order valence-electron chi connectivity index (χ0n) is 8.33. The Morgan fingerprint density at radius 1 is 0.667 bits per heavy atom. The third-order valence-electron chi connectivity index (χ3n) is 0.909. The van der Waals surface area contributed by atoms with Gasteiger partial charge in [0.15, 0.2) is 0 Å². The molecule has 0 spiro atoms. The van der Waals surface area contributed by atoms with Crippen LogP contribution in [-0.2, 0) is 19.2 Å². The summed E-state index contributed by atoms with van der Waals surface area (Å²) in [4.78, 5) is 39.2. The summed E-state index contributed by atoms with van der Waals surface area (Å²) in [7, 11) is 0. The van der Waals surface area contributed by atoms with Crippen LogP contribution in [0.2, 0.25) is 0 Å². The van der Waals surface area contributed by atoms with Crippen molar-refractivity contribution >= 4 is 55.7 Å². The third kappa shape index (κ3) is 12.4. The number of hydrogen-bond acceptors (Lipinski definition) is 4. The molecule has 0 unspecified atom stereocenters. The van der Waals surface area contributed by atoms with Gasteiger partial charge in [-0.05, 0) is 31.9 Å². The summed E-state index contributed by atoms with van der Waals surface area (Å²) in [5, 5.41) is 32.0. The van der Waals surface area contributed by atoms with Crippen molar-refractivity contribution in [3.05, 3.63) is 21.1 Å². The fourth-order valence-electron chi connectivity index (χ4n) is 0.340. The average Bonchev–Trinajstić information content (AvgIpc) is 2.16. The molecule has 0 fully saturated rings. The summed E-state index contributed by atoms with van der Waals surface area (Å²) in [5.41, 5.74) is 0. The van der Waals surface area contributed by atoms with E-state index < -0.39 is 23.9 Å². The normalized spacial score (nSPS) is 11.0. The van der Waals surface area contributed by atoms with Crippen LogP contribution >= 0.6 is 31.9 Å². The van der Waals surface area contributed by atoms with Gasteiger partial charge in [0.1, 0.15) is 8.96 Å². The van der Waals surface area contributed by atoms with Gasteiger partial charge in [-0.1, -0.05) is 0 Å². The first-order valence-corrected chi connectivity index (χ1v) is 5.33. The number of carboxylic acid groups (broad SMARTS) is 4. The molecule has 0 aromatic heterocycles. The van der Waals surface area contributed by atoms with Crippen molar-refractivity contribution in [3.63, 3.8) is 0 Å². The molecule has 4 N–H and O–H groups in total. The van der Waals surface area contributed by atoms with Crippen molar-refractivity contribution in [1.29, 1.82) is 0 Å². The number of halogens is 2. The van der Waals surface area contributed by atoms with E-state index in [0.717, 1.165) is 0 Å². The van der Waals surface area contributed by atoms with Crippen LogP contribution in [0.5, 0.6) is 0 Å². The lowest BCUT2D eigenvalue weighted by Gasteiger charge is -1.84. The van der Waals surface area contributed by atoms with Crippen LogP contribution in [0, 0.1) is 0 Å². The Bertz CT molecular complexity index is 383. The van der Waals surface area contributed by atoms with Gasteiger partial charge in [0, 0.05) is 12.2 Å². The van der Waals surface area contributed by atoms with Crippen molar-refractivity contribution in [1.82, 2.24) is 0 Å². The first-order chi connectivity index (χ1) is 8.07. The molecule has 0 aliphatic carbocycles. The van der Waals surface area contributed by atoms with Crippen molar-refractivity contribution in [2.75, 3.05) is 0 Å². The Balaban J connectivity index is 0. The fourth-order valence-corrected chi connectivity index (χ4v) is 0.732. The van der Waals surface area contributed by atoms with E-state index >= 15 is 0 Å². The Hall–Kier alpha value is -1.68. The standard InChI is InChI=1S/2C4H3BrO4/c2*5-2(4(8)9)1-3(6)7/h2*1H,(H,6,7)(H,8,9)/b2*2-1-. The number of carboxylic acids is 4. The summed E-state index contributed by atoms with van der Waals surface area (Å²) in [6.07, 6.45) is 1.12. The number of aliphatic carboxylic acids is 4. The van der Waals surface area contributed by atoms with E-state index in [1.165, 1.54) is 0 Å². The molecule has 0 heterocycles. The minimum atomic E-state index is -1.29. The molecule has 0 aromatic carbocycles. The summed E-state index contributed by atoms with van der Waals surface area (Å²) in [5.74, 6) is -5.16. The number of hydrogen-bond donors (Lipinski definition) is 4. The second-order valence-electron chi connectivity index (χ2n) is 2.27. The second kappa shape index (κ2) is 9.36. The molecule has 10 heteroatoms. The van der Waals surface area contributed by atoms with E-state index in [0.29, 0.717) is 12.2 Å². The van der Waals surface area contributed by atoms with Gasteiger partial charge in [-0.2, -0.15) is 0 Å². The average molecular weight is 390 g/mol. The van der Waals surface area contributed by atoms with E-state index in [2.05, 4.69) is 31.9 Å². The molecular weight excluding hydrogens is 384 g/mol. The molecule has 0 aliphatic rings. The van der Waals surface area contributed by atoms with Crippen LogP contribution < -0.4 is 0 Å². The monoisotopic (exact) mass is 388 g/mol. The van der Waals surface area contributed by atoms with Gasteiger partial charge in [-0.3, -0.25) is 0 Å². The smallest absolute Gasteiger partial charge is 0.343 e. The molecule has 0 aliphatic heterocycles. The fraction of sp³-hybridized carbons (Fsp3) is 0. The lowest BCUT2D eigenvalue weighted by molar-refractivity contribution is -0.134. The molecule has 0 bridgehead atoms.